The normalized spacial score (nSPS) is 14.0. The Morgan fingerprint density at radius 2 is 1.91 bits per heavy atom. The predicted molar refractivity (Wildman–Crippen MR) is 135 cm³/mol. The van der Waals surface area contributed by atoms with Crippen molar-refractivity contribution in [1.82, 2.24) is 0 Å². The standard InChI is InChI=1S/C25H18FIN2O6/c1-2-33-22-13-16(11-20(27)23(22)34-14-15-4-3-5-18(26)10-15)12-21-25(30)35-24(28-21)17-6-8-19(9-7-17)29(31)32/h3-13H,2,14H2,1H3/b21-12-. The smallest absolute Gasteiger partial charge is 0.363 e. The topological polar surface area (TPSA) is 100 Å². The predicted octanol–water partition coefficient (Wildman–Crippen LogP) is 5.66. The van der Waals surface area contributed by atoms with Crippen molar-refractivity contribution in [2.45, 2.75) is 13.5 Å². The second kappa shape index (κ2) is 10.6. The number of benzene rings is 3. The van der Waals surface area contributed by atoms with Gasteiger partial charge in [0.25, 0.3) is 5.69 Å². The van der Waals surface area contributed by atoms with Gasteiger partial charge in [-0.2, -0.15) is 0 Å². The van der Waals surface area contributed by atoms with Crippen molar-refractivity contribution in [3.8, 4) is 11.5 Å². The molecule has 3 aromatic carbocycles. The highest BCUT2D eigenvalue weighted by Gasteiger charge is 2.25. The number of nitro groups is 1. The van der Waals surface area contributed by atoms with Crippen LogP contribution in [-0.4, -0.2) is 23.4 Å². The Balaban J connectivity index is 1.59. The molecule has 0 N–H and O–H groups in total. The third-order valence-electron chi connectivity index (χ3n) is 4.85. The first-order chi connectivity index (χ1) is 16.8. The molecule has 1 aliphatic heterocycles. The molecular weight excluding hydrogens is 570 g/mol. The molecule has 0 bridgehead atoms. The zero-order valence-corrected chi connectivity index (χ0v) is 20.5. The summed E-state index contributed by atoms with van der Waals surface area (Å²) in [5, 5.41) is 10.8. The first kappa shape index (κ1) is 24.3. The van der Waals surface area contributed by atoms with Crippen molar-refractivity contribution in [2.75, 3.05) is 6.61 Å². The number of aliphatic imine (C=N–C) groups is 1. The van der Waals surface area contributed by atoms with Crippen LogP contribution in [0.15, 0.2) is 71.4 Å². The summed E-state index contributed by atoms with van der Waals surface area (Å²) < 4.78 is 31.1. The van der Waals surface area contributed by atoms with Crippen molar-refractivity contribution in [2.24, 2.45) is 4.99 Å². The Labute approximate surface area is 213 Å². The molecule has 0 saturated carbocycles. The van der Waals surface area contributed by atoms with Crippen molar-refractivity contribution < 1.29 is 28.3 Å². The SMILES string of the molecule is CCOc1cc(/C=C2\N=C(c3ccc([N+](=O)[O-])cc3)OC2=O)cc(I)c1OCc1cccc(F)c1. The zero-order chi connectivity index (χ0) is 24.9. The summed E-state index contributed by atoms with van der Waals surface area (Å²) in [6, 6.07) is 15.2. The lowest BCUT2D eigenvalue weighted by atomic mass is 10.1. The van der Waals surface area contributed by atoms with Crippen LogP contribution in [0.2, 0.25) is 0 Å². The highest BCUT2D eigenvalue weighted by molar-refractivity contribution is 14.1. The highest BCUT2D eigenvalue weighted by atomic mass is 127. The number of halogens is 2. The van der Waals surface area contributed by atoms with Crippen molar-refractivity contribution >= 4 is 46.2 Å². The minimum Gasteiger partial charge on any atom is -0.490 e. The maximum absolute atomic E-state index is 13.5. The van der Waals surface area contributed by atoms with Gasteiger partial charge >= 0.3 is 5.97 Å². The molecule has 8 nitrogen and oxygen atoms in total. The van der Waals surface area contributed by atoms with Gasteiger partial charge in [-0.1, -0.05) is 12.1 Å². The number of hydrogen-bond donors (Lipinski definition) is 0. The van der Waals surface area contributed by atoms with E-state index >= 15 is 0 Å². The van der Waals surface area contributed by atoms with Gasteiger partial charge in [-0.15, -0.1) is 0 Å². The van der Waals surface area contributed by atoms with E-state index in [1.54, 1.807) is 30.3 Å². The van der Waals surface area contributed by atoms with Crippen LogP contribution in [0.5, 0.6) is 11.5 Å². The quantitative estimate of drug-likeness (QED) is 0.111. The summed E-state index contributed by atoms with van der Waals surface area (Å²) in [4.78, 5) is 27.0. The Bertz CT molecular complexity index is 1350. The fourth-order valence-corrected chi connectivity index (χ4v) is 4.05. The van der Waals surface area contributed by atoms with Crippen LogP contribution in [0.4, 0.5) is 10.1 Å². The molecule has 0 spiro atoms. The van der Waals surface area contributed by atoms with Gasteiger partial charge in [-0.3, -0.25) is 10.1 Å². The lowest BCUT2D eigenvalue weighted by Crippen LogP contribution is -2.05. The van der Waals surface area contributed by atoms with Gasteiger partial charge in [-0.05, 0) is 83.1 Å². The molecule has 10 heteroatoms. The minimum absolute atomic E-state index is 0.0610. The minimum atomic E-state index is -0.641. The van der Waals surface area contributed by atoms with Crippen LogP contribution >= 0.6 is 22.6 Å². The molecule has 4 rings (SSSR count). The Kier molecular flexibility index (Phi) is 7.39. The summed E-state index contributed by atoms with van der Waals surface area (Å²) in [5.74, 6) is 0.0464. The van der Waals surface area contributed by atoms with Gasteiger partial charge in [0, 0.05) is 17.7 Å². The van der Waals surface area contributed by atoms with Crippen LogP contribution in [0.1, 0.15) is 23.6 Å². The Morgan fingerprint density at radius 1 is 1.14 bits per heavy atom. The van der Waals surface area contributed by atoms with E-state index in [4.69, 9.17) is 14.2 Å². The third kappa shape index (κ3) is 5.83. The number of carbonyl (C=O) groups excluding carboxylic acids is 1. The fourth-order valence-electron chi connectivity index (χ4n) is 3.27. The van der Waals surface area contributed by atoms with Crippen LogP contribution < -0.4 is 9.47 Å². The van der Waals surface area contributed by atoms with E-state index in [1.807, 2.05) is 6.92 Å². The molecule has 0 aromatic heterocycles. The number of esters is 1. The number of hydrogen-bond acceptors (Lipinski definition) is 7. The van der Waals surface area contributed by atoms with E-state index in [0.29, 0.717) is 34.8 Å². The van der Waals surface area contributed by atoms with E-state index in [1.165, 1.54) is 36.4 Å². The van der Waals surface area contributed by atoms with Crippen LogP contribution in [0.25, 0.3) is 6.08 Å². The van der Waals surface area contributed by atoms with Crippen molar-refractivity contribution in [3.63, 3.8) is 0 Å². The number of nitro benzene ring substituents is 1. The monoisotopic (exact) mass is 588 g/mol. The second-order valence-corrected chi connectivity index (χ2v) is 8.48. The number of non-ortho nitro benzene ring substituents is 1. The molecule has 0 radical (unpaired) electrons. The van der Waals surface area contributed by atoms with Gasteiger partial charge in [0.2, 0.25) is 5.90 Å². The van der Waals surface area contributed by atoms with E-state index < -0.39 is 10.9 Å². The maximum atomic E-state index is 13.5. The Hall–Kier alpha value is -3.80. The van der Waals surface area contributed by atoms with Gasteiger partial charge in [-0.25, -0.2) is 14.2 Å². The number of ether oxygens (including phenoxy) is 3. The number of cyclic esters (lactones) is 1. The molecular formula is C25H18FIN2O6. The molecule has 0 atom stereocenters. The average molecular weight is 588 g/mol. The van der Waals surface area contributed by atoms with Gasteiger partial charge in [0.1, 0.15) is 12.4 Å². The molecule has 178 valence electrons. The lowest BCUT2D eigenvalue weighted by molar-refractivity contribution is -0.384. The molecule has 0 aliphatic carbocycles. The maximum Gasteiger partial charge on any atom is 0.363 e. The molecule has 0 amide bonds. The molecule has 0 saturated heterocycles. The number of rotatable bonds is 8. The molecule has 0 fully saturated rings. The fraction of sp³-hybridized carbons (Fsp3) is 0.120. The third-order valence-corrected chi connectivity index (χ3v) is 5.65. The molecule has 0 unspecified atom stereocenters. The summed E-state index contributed by atoms with van der Waals surface area (Å²) >= 11 is 2.10. The highest BCUT2D eigenvalue weighted by Crippen LogP contribution is 2.36. The van der Waals surface area contributed by atoms with Crippen LogP contribution in [0, 0.1) is 19.5 Å². The molecule has 35 heavy (non-hydrogen) atoms. The summed E-state index contributed by atoms with van der Waals surface area (Å²) in [5.41, 5.74) is 1.75. The largest absolute Gasteiger partial charge is 0.490 e. The van der Waals surface area contributed by atoms with E-state index in [9.17, 15) is 19.3 Å². The van der Waals surface area contributed by atoms with Crippen LogP contribution in [-0.2, 0) is 16.1 Å². The van der Waals surface area contributed by atoms with Crippen molar-refractivity contribution in [3.05, 3.63) is 103 Å². The van der Waals surface area contributed by atoms with Gasteiger partial charge < -0.3 is 14.2 Å². The summed E-state index contributed by atoms with van der Waals surface area (Å²) in [6.07, 6.45) is 1.56. The van der Waals surface area contributed by atoms with E-state index in [2.05, 4.69) is 27.6 Å². The zero-order valence-electron chi connectivity index (χ0n) is 18.4. The first-order valence-electron chi connectivity index (χ1n) is 10.4. The number of nitrogens with zero attached hydrogens (tertiary/aromatic N) is 2. The second-order valence-electron chi connectivity index (χ2n) is 7.32. The average Bonchev–Trinajstić information content (AvgIpc) is 3.19. The van der Waals surface area contributed by atoms with Gasteiger partial charge in [0.05, 0.1) is 15.1 Å². The lowest BCUT2D eigenvalue weighted by Gasteiger charge is -2.15. The first-order valence-corrected chi connectivity index (χ1v) is 11.5. The van der Waals surface area contributed by atoms with E-state index in [-0.39, 0.29) is 29.7 Å². The molecule has 1 heterocycles. The summed E-state index contributed by atoms with van der Waals surface area (Å²) in [6.45, 7) is 2.38. The van der Waals surface area contributed by atoms with Crippen LogP contribution in [0.3, 0.4) is 0 Å². The molecule has 3 aromatic rings. The van der Waals surface area contributed by atoms with E-state index in [0.717, 1.165) is 3.57 Å². The van der Waals surface area contributed by atoms with Gasteiger partial charge in [0.15, 0.2) is 17.2 Å². The molecule has 1 aliphatic rings. The summed E-state index contributed by atoms with van der Waals surface area (Å²) in [7, 11) is 0. The Morgan fingerprint density at radius 3 is 2.60 bits per heavy atom. The number of carbonyl (C=O) groups is 1. The van der Waals surface area contributed by atoms with Crippen molar-refractivity contribution in [1.29, 1.82) is 0 Å².